The molecular weight excluding hydrogens is 215 g/mol. The molecule has 0 aliphatic carbocycles. The van der Waals surface area contributed by atoms with Crippen molar-refractivity contribution in [3.05, 3.63) is 40.7 Å². The number of aromatic amines is 1. The molecule has 0 amide bonds. The summed E-state index contributed by atoms with van der Waals surface area (Å²) in [4.78, 5) is 25.5. The van der Waals surface area contributed by atoms with Crippen LogP contribution in [0.25, 0.3) is 10.9 Å². The lowest BCUT2D eigenvalue weighted by Gasteiger charge is -1.97. The summed E-state index contributed by atoms with van der Waals surface area (Å²) < 4.78 is 18.4. The molecule has 0 saturated heterocycles. The van der Waals surface area contributed by atoms with Crippen molar-refractivity contribution >= 4 is 17.0 Å². The lowest BCUT2D eigenvalue weighted by Crippen LogP contribution is -2.31. The minimum atomic E-state index is -0.826. The Morgan fingerprint density at radius 3 is 2.94 bits per heavy atom. The summed E-state index contributed by atoms with van der Waals surface area (Å²) in [6.07, 6.45) is 0.243. The van der Waals surface area contributed by atoms with Gasteiger partial charge in [0.15, 0.2) is 11.3 Å². The molecule has 0 spiro atoms. The van der Waals surface area contributed by atoms with E-state index < -0.39 is 17.5 Å². The van der Waals surface area contributed by atoms with E-state index >= 15 is 0 Å². The molecule has 0 radical (unpaired) electrons. The fourth-order valence-corrected chi connectivity index (χ4v) is 1.40. The van der Waals surface area contributed by atoms with Gasteiger partial charge in [-0.1, -0.05) is 10.6 Å². The van der Waals surface area contributed by atoms with Gasteiger partial charge in [0.1, 0.15) is 5.39 Å². The highest BCUT2D eigenvalue weighted by Crippen LogP contribution is 2.07. The van der Waals surface area contributed by atoms with Gasteiger partial charge in [0.2, 0.25) is 0 Å². The molecule has 6 heteroatoms. The summed E-state index contributed by atoms with van der Waals surface area (Å²) in [5.74, 6) is -0.549. The van der Waals surface area contributed by atoms with Gasteiger partial charge in [0.25, 0.3) is 6.33 Å². The molecule has 1 heterocycles. The average molecular weight is 223 g/mol. The number of ether oxygens (including phenoxy) is 1. The largest absolute Gasteiger partial charge is 0.514 e. The zero-order valence-electron chi connectivity index (χ0n) is 8.36. The number of hydrogen-bond acceptors (Lipinski definition) is 3. The quantitative estimate of drug-likeness (QED) is 0.655. The van der Waals surface area contributed by atoms with Crippen molar-refractivity contribution in [1.82, 2.24) is 4.57 Å². The maximum Gasteiger partial charge on any atom is 0.514 e. The Morgan fingerprint density at radius 2 is 2.25 bits per heavy atom. The number of fused-ring (bicyclic) bond motifs is 1. The molecule has 0 saturated carbocycles. The van der Waals surface area contributed by atoms with Gasteiger partial charge in [-0.3, -0.25) is 0 Å². The highest BCUT2D eigenvalue weighted by Gasteiger charge is 2.18. The summed E-state index contributed by atoms with van der Waals surface area (Å²) in [5.41, 5.74) is -0.562. The first-order valence-electron chi connectivity index (χ1n) is 4.45. The van der Waals surface area contributed by atoms with Crippen molar-refractivity contribution in [3.8, 4) is 0 Å². The number of H-pyrrole nitrogens is 1. The van der Waals surface area contributed by atoms with Crippen molar-refractivity contribution in [1.29, 1.82) is 0 Å². The summed E-state index contributed by atoms with van der Waals surface area (Å²) in [5, 5.41) is 0.0906. The molecule has 2 aromatic rings. The Bertz CT molecular complexity index is 621. The number of para-hydroxylation sites is 1. The van der Waals surface area contributed by atoms with E-state index in [-0.39, 0.29) is 10.9 Å². The Hall–Kier alpha value is -2.24. The van der Waals surface area contributed by atoms with Crippen LogP contribution in [0.4, 0.5) is 9.18 Å². The third kappa shape index (κ3) is 1.44. The predicted octanol–water partition coefficient (Wildman–Crippen LogP) is 0.569. The Morgan fingerprint density at radius 1 is 1.50 bits per heavy atom. The second-order valence-corrected chi connectivity index (χ2v) is 3.08. The molecule has 1 aromatic carbocycles. The van der Waals surface area contributed by atoms with Gasteiger partial charge in [-0.2, -0.15) is 4.79 Å². The van der Waals surface area contributed by atoms with E-state index in [0.717, 1.165) is 18.0 Å². The molecule has 1 aromatic heterocycles. The van der Waals surface area contributed by atoms with Gasteiger partial charge in [-0.15, -0.1) is 0 Å². The van der Waals surface area contributed by atoms with Crippen LogP contribution >= 0.6 is 0 Å². The Balaban J connectivity index is 2.81. The lowest BCUT2D eigenvalue weighted by atomic mass is 10.2. The number of nitrogens with one attached hydrogen (secondary N) is 1. The average Bonchev–Trinajstić information content (AvgIpc) is 2.30. The molecule has 2 rings (SSSR count). The number of rotatable bonds is 0. The van der Waals surface area contributed by atoms with E-state index in [0.29, 0.717) is 0 Å². The molecule has 0 atom stereocenters. The van der Waals surface area contributed by atoms with Crippen LogP contribution in [0.1, 0.15) is 0 Å². The minimum Gasteiger partial charge on any atom is -0.434 e. The van der Waals surface area contributed by atoms with Crippen LogP contribution in [-0.2, 0) is 4.74 Å². The summed E-state index contributed by atoms with van der Waals surface area (Å²) >= 11 is 0. The lowest BCUT2D eigenvalue weighted by molar-refractivity contribution is -0.353. The number of hydrogen-bond donors (Lipinski definition) is 0. The van der Waals surface area contributed by atoms with Crippen molar-refractivity contribution in [3.63, 3.8) is 0 Å². The van der Waals surface area contributed by atoms with Crippen molar-refractivity contribution < 1.29 is 18.9 Å². The van der Waals surface area contributed by atoms with Crippen LogP contribution in [0.3, 0.4) is 0 Å². The van der Waals surface area contributed by atoms with Gasteiger partial charge >= 0.3 is 11.7 Å². The van der Waals surface area contributed by atoms with Crippen LogP contribution in [0.2, 0.25) is 0 Å². The number of nitrogens with zero attached hydrogens (tertiary/aromatic N) is 1. The number of halogens is 1. The first-order valence-corrected chi connectivity index (χ1v) is 4.45. The normalized spacial score (nSPS) is 10.4. The topological polar surface area (TPSA) is 62.4 Å². The monoisotopic (exact) mass is 223 g/mol. The smallest absolute Gasteiger partial charge is 0.434 e. The number of benzene rings is 1. The van der Waals surface area contributed by atoms with Crippen LogP contribution in [0.15, 0.2) is 29.3 Å². The summed E-state index contributed by atoms with van der Waals surface area (Å²) in [7, 11) is 1.16. The van der Waals surface area contributed by atoms with E-state index in [1.165, 1.54) is 18.2 Å². The van der Waals surface area contributed by atoms with Gasteiger partial charge < -0.3 is 4.74 Å². The number of methoxy groups -OCH3 is 1. The van der Waals surface area contributed by atoms with Gasteiger partial charge in [-0.05, 0) is 12.1 Å². The van der Waals surface area contributed by atoms with Crippen LogP contribution < -0.4 is 10.5 Å². The zero-order valence-corrected chi connectivity index (χ0v) is 8.36. The van der Waals surface area contributed by atoms with Crippen LogP contribution in [0.5, 0.6) is 0 Å². The second kappa shape index (κ2) is 3.73. The third-order valence-corrected chi connectivity index (χ3v) is 2.17. The Kier molecular flexibility index (Phi) is 2.40. The van der Waals surface area contributed by atoms with E-state index in [2.05, 4.69) is 9.72 Å². The minimum absolute atomic E-state index is 0.0626. The molecule has 0 unspecified atom stereocenters. The zero-order chi connectivity index (χ0) is 11.7. The predicted molar refractivity (Wildman–Crippen MR) is 52.5 cm³/mol. The molecule has 5 nitrogen and oxygen atoms in total. The molecule has 0 bridgehead atoms. The molecule has 0 aliphatic rings. The van der Waals surface area contributed by atoms with Crippen LogP contribution in [-0.4, -0.2) is 17.8 Å². The Labute approximate surface area is 89.1 Å². The summed E-state index contributed by atoms with van der Waals surface area (Å²) in [6, 6.07) is 4.05. The molecular formula is C10H8FN2O3+. The first-order chi connectivity index (χ1) is 7.65. The van der Waals surface area contributed by atoms with Gasteiger partial charge in [-0.25, -0.2) is 14.2 Å². The van der Waals surface area contributed by atoms with Gasteiger partial charge in [0, 0.05) is 0 Å². The third-order valence-electron chi connectivity index (χ3n) is 2.17. The molecule has 82 valence electrons. The summed E-state index contributed by atoms with van der Waals surface area (Å²) in [6.45, 7) is 0. The number of aromatic nitrogens is 2. The number of carbonyl (C=O) groups is 1. The fourth-order valence-electron chi connectivity index (χ4n) is 1.40. The van der Waals surface area contributed by atoms with E-state index in [9.17, 15) is 14.0 Å². The van der Waals surface area contributed by atoms with Crippen molar-refractivity contribution in [2.75, 3.05) is 7.11 Å². The molecule has 0 fully saturated rings. The molecule has 1 N–H and O–H groups in total. The molecule has 16 heavy (non-hydrogen) atoms. The maximum absolute atomic E-state index is 13.3. The van der Waals surface area contributed by atoms with Crippen LogP contribution in [0, 0.1) is 5.82 Å². The van der Waals surface area contributed by atoms with Crippen molar-refractivity contribution in [2.24, 2.45) is 0 Å². The molecule has 0 aliphatic heterocycles. The van der Waals surface area contributed by atoms with Crippen molar-refractivity contribution in [2.45, 2.75) is 0 Å². The highest BCUT2D eigenvalue weighted by molar-refractivity contribution is 5.78. The number of carbonyl (C=O) groups excluding carboxylic acids is 1. The SMILES string of the molecule is COC(=O)n1c[nH+]c2c(F)cccc2c1=O. The first kappa shape index (κ1) is 10.3. The van der Waals surface area contributed by atoms with E-state index in [1.807, 2.05) is 0 Å². The van der Waals surface area contributed by atoms with E-state index in [1.54, 1.807) is 0 Å². The maximum atomic E-state index is 13.3. The van der Waals surface area contributed by atoms with Gasteiger partial charge in [0.05, 0.1) is 7.11 Å². The highest BCUT2D eigenvalue weighted by atomic mass is 19.1. The fraction of sp³-hybridized carbons (Fsp3) is 0.100. The second-order valence-electron chi connectivity index (χ2n) is 3.08. The standard InChI is InChI=1S/C10H7FN2O3/c1-16-10(15)13-5-12-8-6(9(13)14)3-2-4-7(8)11/h2-5H,1H3/p+1. The van der Waals surface area contributed by atoms with E-state index in [4.69, 9.17) is 0 Å².